The van der Waals surface area contributed by atoms with Gasteiger partial charge in [0.25, 0.3) is 11.8 Å². The summed E-state index contributed by atoms with van der Waals surface area (Å²) >= 11 is 0. The molecule has 0 unspecified atom stereocenters. The molecule has 0 bridgehead atoms. The van der Waals surface area contributed by atoms with E-state index < -0.39 is 0 Å². The maximum atomic E-state index is 12.7. The molecule has 0 radical (unpaired) electrons. The van der Waals surface area contributed by atoms with Gasteiger partial charge in [0.05, 0.1) is 0 Å². The number of carbonyl (C=O) groups excluding carboxylic acids is 2. The SMILES string of the molecule is CN1CCN(C(=O)c2cccc(C(=O)NCCc3c[nH]c4ccccc34)c2)CC1. The Balaban J connectivity index is 1.36. The fourth-order valence-electron chi connectivity index (χ4n) is 3.74. The van der Waals surface area contributed by atoms with E-state index in [0.717, 1.165) is 38.1 Å². The van der Waals surface area contributed by atoms with Gasteiger partial charge < -0.3 is 20.1 Å². The minimum Gasteiger partial charge on any atom is -0.361 e. The molecule has 29 heavy (non-hydrogen) atoms. The Morgan fingerprint density at radius 3 is 2.59 bits per heavy atom. The second-order valence-electron chi connectivity index (χ2n) is 7.54. The average molecular weight is 390 g/mol. The van der Waals surface area contributed by atoms with Crippen molar-refractivity contribution in [2.24, 2.45) is 0 Å². The van der Waals surface area contributed by atoms with E-state index in [9.17, 15) is 9.59 Å². The third kappa shape index (κ3) is 4.32. The number of hydrogen-bond donors (Lipinski definition) is 2. The maximum absolute atomic E-state index is 12.7. The average Bonchev–Trinajstić information content (AvgIpc) is 3.17. The van der Waals surface area contributed by atoms with Crippen molar-refractivity contribution in [3.05, 3.63) is 71.4 Å². The number of aromatic nitrogens is 1. The predicted molar refractivity (Wildman–Crippen MR) is 114 cm³/mol. The van der Waals surface area contributed by atoms with Gasteiger partial charge in [0.2, 0.25) is 0 Å². The lowest BCUT2D eigenvalue weighted by atomic mass is 10.1. The van der Waals surface area contributed by atoms with Crippen LogP contribution in [0.1, 0.15) is 26.3 Å². The van der Waals surface area contributed by atoms with E-state index in [1.165, 1.54) is 10.9 Å². The van der Waals surface area contributed by atoms with Crippen molar-refractivity contribution in [3.63, 3.8) is 0 Å². The molecule has 6 heteroatoms. The Labute approximate surface area is 170 Å². The summed E-state index contributed by atoms with van der Waals surface area (Å²) < 4.78 is 0. The second kappa shape index (κ2) is 8.49. The topological polar surface area (TPSA) is 68.4 Å². The van der Waals surface area contributed by atoms with E-state index in [-0.39, 0.29) is 11.8 Å². The molecule has 1 saturated heterocycles. The number of nitrogens with zero attached hydrogens (tertiary/aromatic N) is 2. The molecule has 0 saturated carbocycles. The van der Waals surface area contributed by atoms with Gasteiger partial charge in [0.1, 0.15) is 0 Å². The first kappa shape index (κ1) is 19.2. The minimum absolute atomic E-state index is 0.00783. The summed E-state index contributed by atoms with van der Waals surface area (Å²) in [6, 6.07) is 15.1. The fraction of sp³-hybridized carbons (Fsp3) is 0.304. The Kier molecular flexibility index (Phi) is 5.62. The fourth-order valence-corrected chi connectivity index (χ4v) is 3.74. The van der Waals surface area contributed by atoms with Gasteiger partial charge in [-0.15, -0.1) is 0 Å². The van der Waals surface area contributed by atoms with Gasteiger partial charge in [-0.2, -0.15) is 0 Å². The van der Waals surface area contributed by atoms with Crippen LogP contribution in [-0.2, 0) is 6.42 Å². The lowest BCUT2D eigenvalue weighted by molar-refractivity contribution is 0.0664. The zero-order valence-corrected chi connectivity index (χ0v) is 16.6. The van der Waals surface area contributed by atoms with Gasteiger partial charge in [-0.25, -0.2) is 0 Å². The second-order valence-corrected chi connectivity index (χ2v) is 7.54. The molecular weight excluding hydrogens is 364 g/mol. The summed E-state index contributed by atoms with van der Waals surface area (Å²) in [6.07, 6.45) is 2.74. The predicted octanol–water partition coefficient (Wildman–Crippen LogP) is 2.53. The molecule has 1 aromatic heterocycles. The molecule has 1 aliphatic heterocycles. The summed E-state index contributed by atoms with van der Waals surface area (Å²) in [7, 11) is 2.06. The Morgan fingerprint density at radius 2 is 1.76 bits per heavy atom. The first-order valence-corrected chi connectivity index (χ1v) is 10.0. The smallest absolute Gasteiger partial charge is 0.253 e. The van der Waals surface area contributed by atoms with Crippen LogP contribution in [0.2, 0.25) is 0 Å². The van der Waals surface area contributed by atoms with E-state index >= 15 is 0 Å². The van der Waals surface area contributed by atoms with Crippen LogP contribution < -0.4 is 5.32 Å². The number of likely N-dealkylation sites (N-methyl/N-ethyl adjacent to an activating group) is 1. The Bertz CT molecular complexity index is 1020. The molecule has 0 spiro atoms. The number of piperazine rings is 1. The summed E-state index contributed by atoms with van der Waals surface area (Å²) in [5.74, 6) is -0.163. The summed E-state index contributed by atoms with van der Waals surface area (Å²) in [6.45, 7) is 3.73. The van der Waals surface area contributed by atoms with Crippen LogP contribution in [0.25, 0.3) is 10.9 Å². The standard InChI is InChI=1S/C23H26N4O2/c1-26-11-13-27(14-12-26)23(29)18-6-4-5-17(15-18)22(28)24-10-9-19-16-25-21-8-3-2-7-20(19)21/h2-8,15-16,25H,9-14H2,1H3,(H,24,28). The van der Waals surface area contributed by atoms with Gasteiger partial charge in [0.15, 0.2) is 0 Å². The van der Waals surface area contributed by atoms with Crippen molar-refractivity contribution < 1.29 is 9.59 Å². The van der Waals surface area contributed by atoms with Crippen LogP contribution in [0.4, 0.5) is 0 Å². The highest BCUT2D eigenvalue weighted by Crippen LogP contribution is 2.18. The van der Waals surface area contributed by atoms with Crippen LogP contribution in [0.5, 0.6) is 0 Å². The van der Waals surface area contributed by atoms with Gasteiger partial charge >= 0.3 is 0 Å². The van der Waals surface area contributed by atoms with Crippen molar-refractivity contribution in [2.45, 2.75) is 6.42 Å². The highest BCUT2D eigenvalue weighted by atomic mass is 16.2. The van der Waals surface area contributed by atoms with E-state index in [0.29, 0.717) is 17.7 Å². The minimum atomic E-state index is -0.155. The molecule has 3 aromatic rings. The molecule has 2 N–H and O–H groups in total. The van der Waals surface area contributed by atoms with Gasteiger partial charge in [-0.3, -0.25) is 9.59 Å². The lowest BCUT2D eigenvalue weighted by Gasteiger charge is -2.32. The number of amides is 2. The monoisotopic (exact) mass is 390 g/mol. The van der Waals surface area contributed by atoms with E-state index in [4.69, 9.17) is 0 Å². The number of nitrogens with one attached hydrogen (secondary N) is 2. The number of rotatable bonds is 5. The molecule has 2 amide bonds. The number of aromatic amines is 1. The zero-order chi connectivity index (χ0) is 20.2. The zero-order valence-electron chi connectivity index (χ0n) is 16.6. The van der Waals surface area contributed by atoms with E-state index in [1.54, 1.807) is 24.3 Å². The Morgan fingerprint density at radius 1 is 1.00 bits per heavy atom. The summed E-state index contributed by atoms with van der Waals surface area (Å²) in [4.78, 5) is 32.6. The van der Waals surface area contributed by atoms with Crippen molar-refractivity contribution in [2.75, 3.05) is 39.8 Å². The lowest BCUT2D eigenvalue weighted by Crippen LogP contribution is -2.47. The molecule has 2 heterocycles. The molecule has 6 nitrogen and oxygen atoms in total. The summed E-state index contributed by atoms with van der Waals surface area (Å²) in [5, 5.41) is 4.15. The summed E-state index contributed by atoms with van der Waals surface area (Å²) in [5.41, 5.74) is 3.37. The van der Waals surface area contributed by atoms with Crippen LogP contribution >= 0.6 is 0 Å². The van der Waals surface area contributed by atoms with Crippen molar-refractivity contribution >= 4 is 22.7 Å². The van der Waals surface area contributed by atoms with Gasteiger partial charge in [-0.05, 0) is 43.3 Å². The highest BCUT2D eigenvalue weighted by molar-refractivity contribution is 5.99. The maximum Gasteiger partial charge on any atom is 0.253 e. The van der Waals surface area contributed by atoms with Crippen LogP contribution in [-0.4, -0.2) is 66.4 Å². The van der Waals surface area contributed by atoms with Crippen LogP contribution in [0.15, 0.2) is 54.7 Å². The molecule has 1 aliphatic rings. The molecule has 2 aromatic carbocycles. The Hall–Kier alpha value is -3.12. The quantitative estimate of drug-likeness (QED) is 0.703. The number of carbonyl (C=O) groups is 2. The van der Waals surface area contributed by atoms with Gasteiger partial charge in [-0.1, -0.05) is 24.3 Å². The number of hydrogen-bond acceptors (Lipinski definition) is 3. The number of para-hydroxylation sites is 1. The van der Waals surface area contributed by atoms with E-state index in [2.05, 4.69) is 28.3 Å². The highest BCUT2D eigenvalue weighted by Gasteiger charge is 2.21. The van der Waals surface area contributed by atoms with Crippen LogP contribution in [0.3, 0.4) is 0 Å². The van der Waals surface area contributed by atoms with Crippen LogP contribution in [0, 0.1) is 0 Å². The third-order valence-corrected chi connectivity index (χ3v) is 5.52. The normalized spacial score (nSPS) is 14.9. The van der Waals surface area contributed by atoms with Gasteiger partial charge in [0, 0.05) is 61.0 Å². The van der Waals surface area contributed by atoms with Crippen molar-refractivity contribution in [3.8, 4) is 0 Å². The first-order chi connectivity index (χ1) is 14.1. The number of H-pyrrole nitrogens is 1. The molecule has 1 fully saturated rings. The first-order valence-electron chi connectivity index (χ1n) is 10.0. The van der Waals surface area contributed by atoms with Crippen molar-refractivity contribution in [1.29, 1.82) is 0 Å². The number of fused-ring (bicyclic) bond motifs is 1. The van der Waals surface area contributed by atoms with Crippen molar-refractivity contribution in [1.82, 2.24) is 20.1 Å². The third-order valence-electron chi connectivity index (χ3n) is 5.52. The molecule has 150 valence electrons. The number of benzene rings is 2. The van der Waals surface area contributed by atoms with E-state index in [1.807, 2.05) is 29.3 Å². The largest absolute Gasteiger partial charge is 0.361 e. The molecular formula is C23H26N4O2. The molecule has 4 rings (SSSR count). The molecule has 0 aliphatic carbocycles. The molecule has 0 atom stereocenters.